The maximum Gasteiger partial charge on any atom is 1.00 e. The number of nitrogens with two attached hydrogens (primary N) is 1. The number of benzene rings is 1. The van der Waals surface area contributed by atoms with Gasteiger partial charge in [-0.3, -0.25) is 19.2 Å². The fourth-order valence-corrected chi connectivity index (χ4v) is 3.42. The van der Waals surface area contributed by atoms with Gasteiger partial charge in [-0.2, -0.15) is 0 Å². The Morgan fingerprint density at radius 3 is 2.12 bits per heavy atom. The van der Waals surface area contributed by atoms with Crippen molar-refractivity contribution in [2.75, 3.05) is 11.9 Å². The zero-order valence-corrected chi connectivity index (χ0v) is 26.2. The van der Waals surface area contributed by atoms with Gasteiger partial charge in [0.15, 0.2) is 0 Å². The Morgan fingerprint density at radius 1 is 1.05 bits per heavy atom. The third-order valence-electron chi connectivity index (χ3n) is 5.23. The van der Waals surface area contributed by atoms with Crippen LogP contribution in [-0.4, -0.2) is 60.0 Å². The van der Waals surface area contributed by atoms with Crippen LogP contribution < -0.4 is 45.9 Å². The van der Waals surface area contributed by atoms with Crippen molar-refractivity contribution < 1.29 is 52.3 Å². The van der Waals surface area contributed by atoms with E-state index >= 15 is 0 Å². The minimum Gasteiger partial charge on any atom is -0.679 e. The molecule has 12 nitrogen and oxygen atoms in total. The topological polar surface area (TPSA) is 178 Å². The average molecular weight is 601 g/mol. The normalized spacial score (nSPS) is 12.1. The van der Waals surface area contributed by atoms with Crippen LogP contribution in [0.15, 0.2) is 24.3 Å². The van der Waals surface area contributed by atoms with Crippen LogP contribution in [0.3, 0.4) is 0 Å². The zero-order chi connectivity index (χ0) is 31.4. The van der Waals surface area contributed by atoms with Crippen LogP contribution in [0.1, 0.15) is 65.9 Å². The molecule has 0 heterocycles. The maximum absolute atomic E-state index is 13.0. The second-order valence-electron chi connectivity index (χ2n) is 9.51. The van der Waals surface area contributed by atoms with E-state index in [0.717, 1.165) is 5.56 Å². The van der Waals surface area contributed by atoms with Crippen LogP contribution in [0.5, 0.6) is 0 Å². The molecule has 0 saturated carbocycles. The molecule has 42 heavy (non-hydrogen) atoms. The van der Waals surface area contributed by atoms with Gasteiger partial charge in [0.1, 0.15) is 12.1 Å². The second-order valence-corrected chi connectivity index (χ2v) is 9.68. The molecular formula is C28H43LiN5O7S-. The molecule has 0 saturated heterocycles. The van der Waals surface area contributed by atoms with Crippen molar-refractivity contribution >= 4 is 53.2 Å². The summed E-state index contributed by atoms with van der Waals surface area (Å²) in [6.07, 6.45) is 1.40. The predicted molar refractivity (Wildman–Crippen MR) is 159 cm³/mol. The van der Waals surface area contributed by atoms with Gasteiger partial charge in [0.25, 0.3) is 5.97 Å². The number of anilines is 1. The monoisotopic (exact) mass is 600 g/mol. The summed E-state index contributed by atoms with van der Waals surface area (Å²) in [5.74, 6) is -1.56. The molecule has 0 radical (unpaired) electrons. The molecule has 0 aromatic heterocycles. The summed E-state index contributed by atoms with van der Waals surface area (Å²) in [7, 11) is 0. The molecule has 0 bridgehead atoms. The largest absolute Gasteiger partial charge is 1.00 e. The molecule has 14 heteroatoms. The van der Waals surface area contributed by atoms with Crippen molar-refractivity contribution in [2.45, 2.75) is 85.1 Å². The van der Waals surface area contributed by atoms with E-state index in [1.54, 1.807) is 31.2 Å². The Labute approximate surface area is 266 Å². The number of hydrogen-bond acceptors (Lipinski definition) is 8. The Balaban J connectivity index is 0. The van der Waals surface area contributed by atoms with Crippen molar-refractivity contribution in [1.29, 1.82) is 0 Å². The van der Waals surface area contributed by atoms with Gasteiger partial charge in [-0.25, -0.2) is 10.3 Å². The van der Waals surface area contributed by atoms with E-state index in [1.807, 2.05) is 20.8 Å². The van der Waals surface area contributed by atoms with Gasteiger partial charge in [0.05, 0.1) is 6.61 Å². The summed E-state index contributed by atoms with van der Waals surface area (Å²) >= 11 is 4.51. The summed E-state index contributed by atoms with van der Waals surface area (Å²) < 4.78 is 9.44. The molecule has 1 unspecified atom stereocenters. The summed E-state index contributed by atoms with van der Waals surface area (Å²) in [5, 5.41) is 10.7. The van der Waals surface area contributed by atoms with Crippen LogP contribution in [0.2, 0.25) is 0 Å². The molecule has 0 spiro atoms. The van der Waals surface area contributed by atoms with E-state index in [2.05, 4.69) is 50.7 Å². The van der Waals surface area contributed by atoms with Crippen LogP contribution in [0.25, 0.3) is 0 Å². The SMILES string of the molecule is CCCC(=O)N[C@H](C(=O)N[C@@H](CCCNC(N)=O)C(=O)Nc1ccc(CO[C-]=S)cc1)C(C)C.[CH2-]C(C)OC(C)=O.[Li+]. The number of primary amides is 1. The zero-order valence-electron chi connectivity index (χ0n) is 25.4. The minimum absolute atomic E-state index is 0. The van der Waals surface area contributed by atoms with Gasteiger partial charge in [-0.15, -0.1) is 0 Å². The summed E-state index contributed by atoms with van der Waals surface area (Å²) in [6, 6.07) is 4.60. The smallest absolute Gasteiger partial charge is 0.679 e. The molecule has 0 aliphatic rings. The van der Waals surface area contributed by atoms with Gasteiger partial charge in [0, 0.05) is 25.6 Å². The Bertz CT molecular complexity index is 993. The summed E-state index contributed by atoms with van der Waals surface area (Å²) in [4.78, 5) is 58.9. The first-order valence-corrected chi connectivity index (χ1v) is 13.7. The molecule has 0 aliphatic heterocycles. The first-order chi connectivity index (χ1) is 19.3. The van der Waals surface area contributed by atoms with E-state index in [1.165, 1.54) is 6.92 Å². The Hall–Kier alpha value is -3.14. The van der Waals surface area contributed by atoms with Gasteiger partial charge < -0.3 is 55.6 Å². The molecular weight excluding hydrogens is 557 g/mol. The molecule has 5 amide bonds. The third-order valence-corrected chi connectivity index (χ3v) is 5.35. The van der Waals surface area contributed by atoms with Gasteiger partial charge >= 0.3 is 24.9 Å². The first-order valence-electron chi connectivity index (χ1n) is 13.3. The van der Waals surface area contributed by atoms with Gasteiger partial charge in [-0.1, -0.05) is 39.8 Å². The van der Waals surface area contributed by atoms with E-state index in [-0.39, 0.29) is 62.3 Å². The molecule has 230 valence electrons. The van der Waals surface area contributed by atoms with E-state index in [4.69, 9.17) is 10.5 Å². The molecule has 1 rings (SSSR count). The van der Waals surface area contributed by atoms with Gasteiger partial charge in [0.2, 0.25) is 17.7 Å². The third kappa shape index (κ3) is 19.9. The average Bonchev–Trinajstić information content (AvgIpc) is 2.87. The van der Waals surface area contributed by atoms with E-state index in [9.17, 15) is 24.0 Å². The van der Waals surface area contributed by atoms with Crippen molar-refractivity contribution in [3.63, 3.8) is 0 Å². The molecule has 3 atom stereocenters. The van der Waals surface area contributed by atoms with Crippen LogP contribution in [0, 0.1) is 12.8 Å². The molecule has 0 aliphatic carbocycles. The van der Waals surface area contributed by atoms with E-state index < -0.39 is 29.9 Å². The number of nitrogens with one attached hydrogen (secondary N) is 4. The van der Waals surface area contributed by atoms with Crippen molar-refractivity contribution in [3.05, 3.63) is 36.8 Å². The number of thiocarbonyl (C=S) groups is 1. The quantitative estimate of drug-likeness (QED) is 0.0561. The van der Waals surface area contributed by atoms with Crippen molar-refractivity contribution in [3.8, 4) is 0 Å². The number of carbonyl (C=O) groups is 5. The Morgan fingerprint density at radius 2 is 1.67 bits per heavy atom. The fourth-order valence-electron chi connectivity index (χ4n) is 3.37. The number of esters is 1. The predicted octanol–water partition coefficient (Wildman–Crippen LogP) is -0.374. The van der Waals surface area contributed by atoms with Crippen LogP contribution in [0.4, 0.5) is 10.5 Å². The van der Waals surface area contributed by atoms with Crippen molar-refractivity contribution in [2.24, 2.45) is 11.7 Å². The minimum atomic E-state index is -0.890. The molecule has 1 aromatic rings. The van der Waals surface area contributed by atoms with E-state index in [0.29, 0.717) is 24.9 Å². The molecule has 0 fully saturated rings. The summed E-state index contributed by atoms with van der Waals surface area (Å²) in [5.41, 5.74) is 8.64. The number of ether oxygens (including phenoxy) is 2. The maximum atomic E-state index is 13.0. The second kappa shape index (κ2) is 23.4. The number of amides is 5. The van der Waals surface area contributed by atoms with Crippen LogP contribution in [-0.2, 0) is 35.3 Å². The van der Waals surface area contributed by atoms with Crippen molar-refractivity contribution in [1.82, 2.24) is 16.0 Å². The number of rotatable bonds is 16. The van der Waals surface area contributed by atoms with Crippen LogP contribution >= 0.6 is 12.2 Å². The Kier molecular flexibility index (Phi) is 22.9. The molecule has 6 N–H and O–H groups in total. The fraction of sp³-hybridized carbons (Fsp3) is 0.536. The number of carbonyl (C=O) groups excluding carboxylic acids is 5. The number of urea groups is 1. The standard InChI is InChI=1S/C23H34N5O5S.C5H9O2.Li/c1-4-6-19(29)28-20(15(2)3)22(31)27-18(7-5-12-25-23(24)32)21(30)26-17-10-8-16(9-11-17)13-33-14-34;1-4(2)7-5(3)6;/h8-11,15,18,20H,4-7,12-13H2,1-3H3,(H,26,30)(H,27,31)(H,28,29)(H3,24,25,32);4H,1H2,2-3H3;/q2*-1;+1/t18-,20-;;/m0../s1. The first kappa shape index (κ1) is 41.0. The van der Waals surface area contributed by atoms with Gasteiger partial charge in [-0.05, 0) is 49.0 Å². The molecule has 1 aromatic carbocycles. The summed E-state index contributed by atoms with van der Waals surface area (Å²) in [6.45, 7) is 12.5. The number of hydrogen-bond donors (Lipinski definition) is 5.